The number of hydrogen-bond donors (Lipinski definition) is 1. The zero-order valence-corrected chi connectivity index (χ0v) is 13.9. The first-order chi connectivity index (χ1) is 11.1. The number of fused-ring (bicyclic) bond motifs is 1. The Morgan fingerprint density at radius 2 is 1.61 bits per heavy atom. The maximum absolute atomic E-state index is 6.15. The van der Waals surface area contributed by atoms with E-state index in [-0.39, 0.29) is 11.5 Å². The van der Waals surface area contributed by atoms with Crippen LogP contribution in [-0.2, 0) is 6.42 Å². The standard InChI is InChI=1S/C20H23NO2/c1-20(2,21-3)16(13-15-9-5-4-6-10-15)19-14-22-17-11-7-8-12-18(17)23-19/h4-12,14,16,21H,13H2,1-3H3. The molecule has 1 N–H and O–H groups in total. The summed E-state index contributed by atoms with van der Waals surface area (Å²) in [5, 5.41) is 3.41. The molecule has 3 heteroatoms. The summed E-state index contributed by atoms with van der Waals surface area (Å²) in [7, 11) is 1.98. The smallest absolute Gasteiger partial charge is 0.169 e. The Morgan fingerprint density at radius 3 is 2.30 bits per heavy atom. The zero-order chi connectivity index (χ0) is 16.3. The molecule has 1 unspecified atom stereocenters. The van der Waals surface area contributed by atoms with Crippen LogP contribution in [0.1, 0.15) is 19.4 Å². The van der Waals surface area contributed by atoms with Crippen molar-refractivity contribution in [1.82, 2.24) is 5.32 Å². The van der Waals surface area contributed by atoms with E-state index >= 15 is 0 Å². The predicted molar refractivity (Wildman–Crippen MR) is 92.6 cm³/mol. The summed E-state index contributed by atoms with van der Waals surface area (Å²) in [5.74, 6) is 2.54. The molecule has 1 heterocycles. The summed E-state index contributed by atoms with van der Waals surface area (Å²) in [5.41, 5.74) is 1.15. The molecule has 1 atom stereocenters. The molecule has 2 aromatic rings. The molecule has 120 valence electrons. The maximum Gasteiger partial charge on any atom is 0.169 e. The van der Waals surface area contributed by atoms with E-state index in [1.807, 2.05) is 37.4 Å². The van der Waals surface area contributed by atoms with Crippen LogP contribution in [0, 0.1) is 5.92 Å². The van der Waals surface area contributed by atoms with E-state index in [4.69, 9.17) is 9.47 Å². The minimum atomic E-state index is -0.128. The van der Waals surface area contributed by atoms with Crippen LogP contribution in [-0.4, -0.2) is 12.6 Å². The van der Waals surface area contributed by atoms with Gasteiger partial charge in [0.1, 0.15) is 12.0 Å². The fraction of sp³-hybridized carbons (Fsp3) is 0.300. The summed E-state index contributed by atoms with van der Waals surface area (Å²) in [6.45, 7) is 4.37. The fourth-order valence-corrected chi connectivity index (χ4v) is 2.79. The minimum absolute atomic E-state index is 0.128. The lowest BCUT2D eigenvalue weighted by Crippen LogP contribution is -2.46. The normalized spacial score (nSPS) is 15.0. The number of para-hydroxylation sites is 2. The second-order valence-corrected chi connectivity index (χ2v) is 6.40. The zero-order valence-electron chi connectivity index (χ0n) is 13.9. The Hall–Kier alpha value is -2.26. The third-order valence-corrected chi connectivity index (χ3v) is 4.52. The monoisotopic (exact) mass is 309 g/mol. The van der Waals surface area contributed by atoms with Gasteiger partial charge >= 0.3 is 0 Å². The highest BCUT2D eigenvalue weighted by molar-refractivity contribution is 5.43. The molecule has 0 bridgehead atoms. The number of hydrogen-bond acceptors (Lipinski definition) is 3. The van der Waals surface area contributed by atoms with E-state index in [0.717, 1.165) is 23.7 Å². The van der Waals surface area contributed by atoms with Gasteiger partial charge in [-0.1, -0.05) is 42.5 Å². The third kappa shape index (κ3) is 3.40. The molecular formula is C20H23NO2. The molecule has 1 aliphatic rings. The van der Waals surface area contributed by atoms with Gasteiger partial charge in [0.2, 0.25) is 0 Å². The molecule has 0 saturated heterocycles. The Bertz CT molecular complexity index is 692. The molecular weight excluding hydrogens is 286 g/mol. The van der Waals surface area contributed by atoms with E-state index in [1.165, 1.54) is 5.56 Å². The maximum atomic E-state index is 6.15. The van der Waals surface area contributed by atoms with Crippen molar-refractivity contribution in [3.63, 3.8) is 0 Å². The highest BCUT2D eigenvalue weighted by Crippen LogP contribution is 2.37. The van der Waals surface area contributed by atoms with Crippen molar-refractivity contribution >= 4 is 0 Å². The minimum Gasteiger partial charge on any atom is -0.458 e. The summed E-state index contributed by atoms with van der Waals surface area (Å²) in [6.07, 6.45) is 2.63. The molecule has 0 aromatic heterocycles. The van der Waals surface area contributed by atoms with Crippen LogP contribution < -0.4 is 14.8 Å². The van der Waals surface area contributed by atoms with Crippen molar-refractivity contribution in [2.24, 2.45) is 5.92 Å². The Labute approximate surface area is 137 Å². The van der Waals surface area contributed by atoms with Crippen molar-refractivity contribution in [3.8, 4) is 11.5 Å². The topological polar surface area (TPSA) is 30.5 Å². The first-order valence-electron chi connectivity index (χ1n) is 7.96. The van der Waals surface area contributed by atoms with E-state index in [1.54, 1.807) is 6.26 Å². The number of nitrogens with one attached hydrogen (secondary N) is 1. The third-order valence-electron chi connectivity index (χ3n) is 4.52. The van der Waals surface area contributed by atoms with Crippen LogP contribution in [0.3, 0.4) is 0 Å². The summed E-state index contributed by atoms with van der Waals surface area (Å²) >= 11 is 0. The quantitative estimate of drug-likeness (QED) is 0.900. The molecule has 0 saturated carbocycles. The molecule has 3 rings (SSSR count). The number of benzene rings is 2. The molecule has 3 nitrogen and oxygen atoms in total. The van der Waals surface area contributed by atoms with Gasteiger partial charge in [-0.25, -0.2) is 0 Å². The van der Waals surface area contributed by atoms with Crippen LogP contribution in [0.25, 0.3) is 0 Å². The van der Waals surface area contributed by atoms with Gasteiger partial charge in [0.15, 0.2) is 11.5 Å². The second kappa shape index (κ2) is 6.47. The molecule has 2 aromatic carbocycles. The van der Waals surface area contributed by atoms with Crippen LogP contribution in [0.2, 0.25) is 0 Å². The van der Waals surface area contributed by atoms with Crippen LogP contribution in [0.4, 0.5) is 0 Å². The van der Waals surface area contributed by atoms with Gasteiger partial charge in [-0.05, 0) is 45.0 Å². The van der Waals surface area contributed by atoms with Gasteiger partial charge in [0.05, 0.1) is 0 Å². The van der Waals surface area contributed by atoms with Gasteiger partial charge < -0.3 is 14.8 Å². The number of ether oxygens (including phenoxy) is 2. The fourth-order valence-electron chi connectivity index (χ4n) is 2.79. The van der Waals surface area contributed by atoms with Gasteiger partial charge in [0.25, 0.3) is 0 Å². The molecule has 1 aliphatic heterocycles. The van der Waals surface area contributed by atoms with E-state index in [0.29, 0.717) is 0 Å². The van der Waals surface area contributed by atoms with E-state index in [9.17, 15) is 0 Å². The van der Waals surface area contributed by atoms with E-state index < -0.39 is 0 Å². The van der Waals surface area contributed by atoms with Crippen LogP contribution in [0.15, 0.2) is 66.6 Å². The Balaban J connectivity index is 1.89. The van der Waals surface area contributed by atoms with Gasteiger partial charge in [-0.2, -0.15) is 0 Å². The first-order valence-corrected chi connectivity index (χ1v) is 7.96. The van der Waals surface area contributed by atoms with Gasteiger partial charge in [-0.3, -0.25) is 0 Å². The van der Waals surface area contributed by atoms with Gasteiger partial charge in [-0.15, -0.1) is 0 Å². The average molecular weight is 309 g/mol. The average Bonchev–Trinajstić information content (AvgIpc) is 2.60. The Kier molecular flexibility index (Phi) is 4.39. The van der Waals surface area contributed by atoms with Crippen molar-refractivity contribution in [2.75, 3.05) is 7.05 Å². The lowest BCUT2D eigenvalue weighted by atomic mass is 9.81. The van der Waals surface area contributed by atoms with Gasteiger partial charge in [0, 0.05) is 11.5 Å². The van der Waals surface area contributed by atoms with Crippen LogP contribution in [0.5, 0.6) is 11.5 Å². The molecule has 0 fully saturated rings. The predicted octanol–water partition coefficient (Wildman–Crippen LogP) is 4.16. The molecule has 0 aliphatic carbocycles. The van der Waals surface area contributed by atoms with E-state index in [2.05, 4.69) is 43.4 Å². The molecule has 0 radical (unpaired) electrons. The largest absolute Gasteiger partial charge is 0.458 e. The molecule has 0 spiro atoms. The highest BCUT2D eigenvalue weighted by Gasteiger charge is 2.34. The summed E-state index contributed by atoms with van der Waals surface area (Å²) in [6, 6.07) is 18.2. The summed E-state index contributed by atoms with van der Waals surface area (Å²) in [4.78, 5) is 0. The van der Waals surface area contributed by atoms with Crippen molar-refractivity contribution in [2.45, 2.75) is 25.8 Å². The summed E-state index contributed by atoms with van der Waals surface area (Å²) < 4.78 is 11.9. The SMILES string of the molecule is CNC(C)(C)C(Cc1ccccc1)C1=COc2ccccc2O1. The van der Waals surface area contributed by atoms with Crippen LogP contribution >= 0.6 is 0 Å². The first kappa shape index (κ1) is 15.6. The van der Waals surface area contributed by atoms with Crippen molar-refractivity contribution in [1.29, 1.82) is 0 Å². The van der Waals surface area contributed by atoms with Crippen molar-refractivity contribution in [3.05, 3.63) is 72.2 Å². The lowest BCUT2D eigenvalue weighted by Gasteiger charge is -2.36. The molecule has 23 heavy (non-hydrogen) atoms. The Morgan fingerprint density at radius 1 is 0.957 bits per heavy atom. The van der Waals surface area contributed by atoms with Crippen molar-refractivity contribution < 1.29 is 9.47 Å². The lowest BCUT2D eigenvalue weighted by molar-refractivity contribution is 0.205. The molecule has 0 amide bonds. The number of rotatable bonds is 5. The highest BCUT2D eigenvalue weighted by atomic mass is 16.6. The second-order valence-electron chi connectivity index (χ2n) is 6.40.